The number of aromatic nitrogens is 1. The first kappa shape index (κ1) is 18.1. The molecule has 0 spiro atoms. The normalized spacial score (nSPS) is 12.1. The Hall–Kier alpha value is -2.72. The van der Waals surface area contributed by atoms with E-state index in [1.54, 1.807) is 0 Å². The van der Waals surface area contributed by atoms with Crippen LogP contribution in [-0.2, 0) is 0 Å². The maximum absolute atomic E-state index is 6.24. The second-order valence-electron chi connectivity index (χ2n) is 7.23. The molecule has 0 atom stereocenters. The van der Waals surface area contributed by atoms with Gasteiger partial charge < -0.3 is 4.43 Å². The molecule has 0 fully saturated rings. The topological polar surface area (TPSA) is 34.5 Å². The van der Waals surface area contributed by atoms with Crippen LogP contribution in [0.3, 0.4) is 0 Å². The number of hydrogen-bond acceptors (Lipinski definition) is 3. The highest BCUT2D eigenvalue weighted by atomic mass is 28.4. The summed E-state index contributed by atoms with van der Waals surface area (Å²) in [5.41, 5.74) is 4.73. The average Bonchev–Trinajstić information content (AvgIpc) is 2.60. The summed E-state index contributed by atoms with van der Waals surface area (Å²) in [6.07, 6.45) is 1.83. The molecule has 0 aliphatic rings. The molecular formula is C22H24N2OSi. The molecule has 0 aliphatic heterocycles. The summed E-state index contributed by atoms with van der Waals surface area (Å²) in [7, 11) is -1.73. The van der Waals surface area contributed by atoms with Crippen molar-refractivity contribution in [2.24, 2.45) is 4.99 Å². The van der Waals surface area contributed by atoms with Gasteiger partial charge in [-0.15, -0.1) is 0 Å². The van der Waals surface area contributed by atoms with E-state index in [1.165, 1.54) is 0 Å². The van der Waals surface area contributed by atoms with Gasteiger partial charge in [0.25, 0.3) is 0 Å². The molecule has 0 saturated heterocycles. The van der Waals surface area contributed by atoms with Gasteiger partial charge in [-0.1, -0.05) is 42.5 Å². The maximum atomic E-state index is 6.24. The lowest BCUT2D eigenvalue weighted by atomic mass is 10.1. The van der Waals surface area contributed by atoms with Crippen molar-refractivity contribution in [2.45, 2.75) is 26.6 Å². The molecule has 132 valence electrons. The Labute approximate surface area is 156 Å². The maximum Gasteiger partial charge on any atom is 0.242 e. The molecule has 3 rings (SSSR count). The van der Waals surface area contributed by atoms with Gasteiger partial charge in [-0.2, -0.15) is 0 Å². The molecule has 0 aliphatic carbocycles. The number of aryl methyl sites for hydroxylation is 1. The van der Waals surface area contributed by atoms with Crippen molar-refractivity contribution in [1.29, 1.82) is 0 Å². The van der Waals surface area contributed by atoms with Crippen LogP contribution in [0, 0.1) is 6.92 Å². The van der Waals surface area contributed by atoms with Crippen molar-refractivity contribution in [3.8, 4) is 5.75 Å². The van der Waals surface area contributed by atoms with Crippen molar-refractivity contribution in [1.82, 2.24) is 4.98 Å². The Morgan fingerprint density at radius 2 is 1.62 bits per heavy atom. The Balaban J connectivity index is 2.14. The fraction of sp³-hybridized carbons (Fsp3) is 0.182. The van der Waals surface area contributed by atoms with Crippen molar-refractivity contribution in [3.05, 3.63) is 89.7 Å². The van der Waals surface area contributed by atoms with Gasteiger partial charge in [0.15, 0.2) is 0 Å². The molecule has 1 heterocycles. The molecule has 3 aromatic rings. The lowest BCUT2D eigenvalue weighted by Crippen LogP contribution is -2.29. The largest absolute Gasteiger partial charge is 0.543 e. The highest BCUT2D eigenvalue weighted by molar-refractivity contribution is 6.70. The smallest absolute Gasteiger partial charge is 0.242 e. The Kier molecular flexibility index (Phi) is 5.33. The van der Waals surface area contributed by atoms with Crippen LogP contribution < -0.4 is 4.43 Å². The molecule has 0 bridgehead atoms. The van der Waals surface area contributed by atoms with E-state index in [2.05, 4.69) is 49.7 Å². The highest BCUT2D eigenvalue weighted by Crippen LogP contribution is 2.30. The third-order valence-electron chi connectivity index (χ3n) is 3.72. The monoisotopic (exact) mass is 360 g/mol. The van der Waals surface area contributed by atoms with E-state index >= 15 is 0 Å². The minimum atomic E-state index is -1.73. The van der Waals surface area contributed by atoms with Gasteiger partial charge in [-0.05, 0) is 56.4 Å². The van der Waals surface area contributed by atoms with E-state index in [-0.39, 0.29) is 0 Å². The third-order valence-corrected chi connectivity index (χ3v) is 4.55. The van der Waals surface area contributed by atoms with Crippen LogP contribution in [0.4, 0.5) is 5.69 Å². The number of pyridine rings is 1. The van der Waals surface area contributed by atoms with Crippen molar-refractivity contribution >= 4 is 19.7 Å². The van der Waals surface area contributed by atoms with Crippen LogP contribution in [0.1, 0.15) is 16.8 Å². The predicted molar refractivity (Wildman–Crippen MR) is 111 cm³/mol. The number of rotatable bonds is 5. The van der Waals surface area contributed by atoms with Crippen LogP contribution in [0.15, 0.2) is 77.9 Å². The minimum absolute atomic E-state index is 0.827. The average molecular weight is 361 g/mol. The zero-order valence-electron chi connectivity index (χ0n) is 15.7. The summed E-state index contributed by atoms with van der Waals surface area (Å²) in [5.74, 6) is 0.827. The molecule has 4 heteroatoms. The highest BCUT2D eigenvalue weighted by Gasteiger charge is 2.18. The Morgan fingerprint density at radius 3 is 2.31 bits per heavy atom. The van der Waals surface area contributed by atoms with Gasteiger partial charge in [0.05, 0.1) is 11.4 Å². The molecule has 0 amide bonds. The van der Waals surface area contributed by atoms with Crippen LogP contribution in [-0.4, -0.2) is 19.0 Å². The molecule has 0 unspecified atom stereocenters. The van der Waals surface area contributed by atoms with Gasteiger partial charge in [0, 0.05) is 11.8 Å². The van der Waals surface area contributed by atoms with E-state index in [0.29, 0.717) is 0 Å². The van der Waals surface area contributed by atoms with Gasteiger partial charge >= 0.3 is 0 Å². The molecule has 0 radical (unpaired) electrons. The third kappa shape index (κ3) is 4.67. The van der Waals surface area contributed by atoms with Gasteiger partial charge in [-0.3, -0.25) is 4.98 Å². The molecule has 3 nitrogen and oxygen atoms in total. The van der Waals surface area contributed by atoms with Crippen LogP contribution >= 0.6 is 0 Å². The van der Waals surface area contributed by atoms with E-state index in [4.69, 9.17) is 9.42 Å². The second kappa shape index (κ2) is 7.66. The quantitative estimate of drug-likeness (QED) is 0.427. The van der Waals surface area contributed by atoms with E-state index < -0.39 is 8.32 Å². The van der Waals surface area contributed by atoms with Gasteiger partial charge in [0.2, 0.25) is 8.32 Å². The van der Waals surface area contributed by atoms with Crippen molar-refractivity contribution < 1.29 is 4.43 Å². The zero-order chi connectivity index (χ0) is 18.6. The van der Waals surface area contributed by atoms with Crippen LogP contribution in [0.5, 0.6) is 5.75 Å². The summed E-state index contributed by atoms with van der Waals surface area (Å²) in [6, 6.07) is 22.2. The standard InChI is InChI=1S/C22H24N2OSi/c1-17-14-15-23-20(16-17)22(18-10-6-5-7-11-18)24-19-12-8-9-13-21(19)25-26(2,3)4/h5-16H,1-4H3. The summed E-state index contributed by atoms with van der Waals surface area (Å²) >= 11 is 0. The summed E-state index contributed by atoms with van der Waals surface area (Å²) in [4.78, 5) is 9.53. The van der Waals surface area contributed by atoms with E-state index in [1.807, 2.05) is 54.7 Å². The van der Waals surface area contributed by atoms with Crippen LogP contribution in [0.2, 0.25) is 19.6 Å². The SMILES string of the molecule is Cc1ccnc(C(=Nc2ccccc2O[Si](C)(C)C)c2ccccc2)c1. The molecule has 1 aromatic heterocycles. The van der Waals surface area contributed by atoms with E-state index in [0.717, 1.165) is 34.0 Å². The summed E-state index contributed by atoms with van der Waals surface area (Å²) in [6.45, 7) is 8.59. The number of para-hydroxylation sites is 2. The molecule has 2 aromatic carbocycles. The molecule has 26 heavy (non-hydrogen) atoms. The number of nitrogens with zero attached hydrogens (tertiary/aromatic N) is 2. The first-order valence-corrected chi connectivity index (χ1v) is 12.2. The first-order valence-electron chi connectivity index (χ1n) is 8.77. The Morgan fingerprint density at radius 1 is 0.923 bits per heavy atom. The molecular weight excluding hydrogens is 336 g/mol. The summed E-state index contributed by atoms with van der Waals surface area (Å²) < 4.78 is 6.24. The van der Waals surface area contributed by atoms with E-state index in [9.17, 15) is 0 Å². The number of hydrogen-bond donors (Lipinski definition) is 0. The zero-order valence-corrected chi connectivity index (χ0v) is 16.7. The fourth-order valence-electron chi connectivity index (χ4n) is 2.62. The molecule has 0 saturated carbocycles. The Bertz CT molecular complexity index is 915. The fourth-order valence-corrected chi connectivity index (χ4v) is 3.45. The summed E-state index contributed by atoms with van der Waals surface area (Å²) in [5, 5.41) is 0. The minimum Gasteiger partial charge on any atom is -0.543 e. The van der Waals surface area contributed by atoms with Crippen LogP contribution in [0.25, 0.3) is 0 Å². The lowest BCUT2D eigenvalue weighted by molar-refractivity contribution is 0.559. The molecule has 0 N–H and O–H groups in total. The van der Waals surface area contributed by atoms with Gasteiger partial charge in [-0.25, -0.2) is 4.99 Å². The number of aliphatic imine (C=N–C) groups is 1. The second-order valence-corrected chi connectivity index (χ2v) is 11.7. The van der Waals surface area contributed by atoms with Crippen molar-refractivity contribution in [3.63, 3.8) is 0 Å². The first-order chi connectivity index (χ1) is 12.4. The lowest BCUT2D eigenvalue weighted by Gasteiger charge is -2.20. The number of benzene rings is 2. The van der Waals surface area contributed by atoms with Crippen molar-refractivity contribution in [2.75, 3.05) is 0 Å². The predicted octanol–water partition coefficient (Wildman–Crippen LogP) is 5.77. The van der Waals surface area contributed by atoms with Gasteiger partial charge in [0.1, 0.15) is 11.4 Å².